The van der Waals surface area contributed by atoms with Crippen molar-refractivity contribution < 1.29 is 17.7 Å². The lowest BCUT2D eigenvalue weighted by Crippen LogP contribution is -2.58. The summed E-state index contributed by atoms with van der Waals surface area (Å²) in [5, 5.41) is 0. The number of halogens is 1. The van der Waals surface area contributed by atoms with Crippen molar-refractivity contribution in [3.63, 3.8) is 0 Å². The molecule has 0 aliphatic rings. The maximum atomic E-state index is 13.7. The molecular weight excluding hydrogens is 199 g/mol. The minimum Gasteiger partial charge on any atom is -0.374 e. The highest BCUT2D eigenvalue weighted by molar-refractivity contribution is 7.83. The fraction of sp³-hybridized carbons (Fsp3) is 1.00. The van der Waals surface area contributed by atoms with Gasteiger partial charge >= 0.3 is 8.80 Å². The minimum absolute atomic E-state index is 0.178. The monoisotopic (exact) mass is 214 g/mol. The van der Waals surface area contributed by atoms with Gasteiger partial charge in [0.25, 0.3) is 0 Å². The molecule has 74 valence electrons. The Morgan fingerprint density at radius 2 is 1.58 bits per heavy atom. The lowest BCUT2D eigenvalue weighted by atomic mass is 10.5. The molecule has 12 heavy (non-hydrogen) atoms. The van der Waals surface area contributed by atoms with Crippen LogP contribution < -0.4 is 0 Å². The smallest absolute Gasteiger partial charge is 0.374 e. The Balaban J connectivity index is 4.69. The van der Waals surface area contributed by atoms with Gasteiger partial charge in [0.2, 0.25) is 4.62 Å². The van der Waals surface area contributed by atoms with Gasteiger partial charge in [0.15, 0.2) is 0 Å². The van der Waals surface area contributed by atoms with Gasteiger partial charge in [-0.05, 0) is 6.42 Å². The molecule has 0 aromatic rings. The molecule has 6 heteroatoms. The highest BCUT2D eigenvalue weighted by Crippen LogP contribution is 2.33. The third-order valence-corrected chi connectivity index (χ3v) is 5.79. The summed E-state index contributed by atoms with van der Waals surface area (Å²) in [5.74, 6) is 0. The molecular formula is C6H15FO3SSi. The number of thiol groups is 1. The van der Waals surface area contributed by atoms with Crippen molar-refractivity contribution >= 4 is 21.4 Å². The average Bonchev–Trinajstić information content (AvgIpc) is 2.08. The first-order valence-corrected chi connectivity index (χ1v) is 5.73. The molecule has 0 amide bonds. The molecule has 1 atom stereocenters. The van der Waals surface area contributed by atoms with E-state index < -0.39 is 13.4 Å². The van der Waals surface area contributed by atoms with E-state index >= 15 is 0 Å². The molecule has 0 aromatic carbocycles. The predicted molar refractivity (Wildman–Crippen MR) is 49.9 cm³/mol. The van der Waals surface area contributed by atoms with Crippen LogP contribution in [0.15, 0.2) is 0 Å². The quantitative estimate of drug-likeness (QED) is 0.554. The van der Waals surface area contributed by atoms with E-state index in [0.717, 1.165) is 0 Å². The summed E-state index contributed by atoms with van der Waals surface area (Å²) in [6, 6.07) is 0. The molecule has 0 fully saturated rings. The van der Waals surface area contributed by atoms with E-state index in [2.05, 4.69) is 12.6 Å². The van der Waals surface area contributed by atoms with Gasteiger partial charge in [0.1, 0.15) is 0 Å². The molecule has 0 aromatic heterocycles. The van der Waals surface area contributed by atoms with E-state index in [1.165, 1.54) is 21.3 Å². The van der Waals surface area contributed by atoms with Crippen LogP contribution in [-0.2, 0) is 13.3 Å². The molecule has 0 N–H and O–H groups in total. The first kappa shape index (κ1) is 12.4. The van der Waals surface area contributed by atoms with E-state index in [1.807, 2.05) is 0 Å². The second kappa shape index (κ2) is 4.57. The van der Waals surface area contributed by atoms with Crippen LogP contribution in [-0.4, -0.2) is 34.8 Å². The van der Waals surface area contributed by atoms with Crippen LogP contribution >= 0.6 is 12.6 Å². The zero-order valence-electron chi connectivity index (χ0n) is 7.76. The zero-order chi connectivity index (χ0) is 9.83. The number of hydrogen-bond donors (Lipinski definition) is 1. The summed E-state index contributed by atoms with van der Waals surface area (Å²) in [5.41, 5.74) is 0. The Morgan fingerprint density at radius 1 is 1.25 bits per heavy atom. The topological polar surface area (TPSA) is 27.7 Å². The van der Waals surface area contributed by atoms with Crippen LogP contribution in [0.2, 0.25) is 0 Å². The molecule has 0 radical (unpaired) electrons. The van der Waals surface area contributed by atoms with E-state index in [1.54, 1.807) is 6.92 Å². The summed E-state index contributed by atoms with van der Waals surface area (Å²) in [6.45, 7) is 1.66. The zero-order valence-corrected chi connectivity index (χ0v) is 9.65. The van der Waals surface area contributed by atoms with Gasteiger partial charge in [-0.15, -0.1) is 12.6 Å². The molecule has 3 nitrogen and oxygen atoms in total. The van der Waals surface area contributed by atoms with Crippen LogP contribution in [0, 0.1) is 0 Å². The lowest BCUT2D eigenvalue weighted by molar-refractivity contribution is 0.0779. The van der Waals surface area contributed by atoms with Gasteiger partial charge in [-0.3, -0.25) is 0 Å². The molecule has 0 saturated heterocycles. The molecule has 0 bridgehead atoms. The Kier molecular flexibility index (Phi) is 4.71. The maximum Gasteiger partial charge on any atom is 0.550 e. The van der Waals surface area contributed by atoms with Crippen LogP contribution in [0.4, 0.5) is 4.39 Å². The Morgan fingerprint density at radius 3 is 1.67 bits per heavy atom. The summed E-state index contributed by atoms with van der Waals surface area (Å²) in [6.07, 6.45) is 0.178. The summed E-state index contributed by atoms with van der Waals surface area (Å²) in [4.78, 5) is 0. The van der Waals surface area contributed by atoms with Gasteiger partial charge in [-0.1, -0.05) is 6.92 Å². The van der Waals surface area contributed by atoms with Crippen molar-refractivity contribution in [3.8, 4) is 0 Å². The van der Waals surface area contributed by atoms with Crippen LogP contribution in [0.5, 0.6) is 0 Å². The average molecular weight is 214 g/mol. The van der Waals surface area contributed by atoms with Gasteiger partial charge < -0.3 is 13.3 Å². The largest absolute Gasteiger partial charge is 0.550 e. The Hall–Kier alpha value is 0.377. The minimum atomic E-state index is -3.25. The summed E-state index contributed by atoms with van der Waals surface area (Å²) < 4.78 is 26.7. The van der Waals surface area contributed by atoms with Gasteiger partial charge in [0.05, 0.1) is 0 Å². The van der Waals surface area contributed by atoms with Crippen molar-refractivity contribution in [2.75, 3.05) is 21.3 Å². The lowest BCUT2D eigenvalue weighted by Gasteiger charge is -2.33. The van der Waals surface area contributed by atoms with Crippen LogP contribution in [0.3, 0.4) is 0 Å². The Bertz CT molecular complexity index is 132. The van der Waals surface area contributed by atoms with Crippen LogP contribution in [0.25, 0.3) is 0 Å². The molecule has 1 unspecified atom stereocenters. The van der Waals surface area contributed by atoms with Crippen molar-refractivity contribution in [2.24, 2.45) is 0 Å². The summed E-state index contributed by atoms with van der Waals surface area (Å²) >= 11 is 3.83. The van der Waals surface area contributed by atoms with E-state index in [4.69, 9.17) is 13.3 Å². The molecule has 0 saturated carbocycles. The highest BCUT2D eigenvalue weighted by Gasteiger charge is 2.58. The number of rotatable bonds is 5. The van der Waals surface area contributed by atoms with E-state index in [0.29, 0.717) is 0 Å². The molecule has 0 aliphatic heterocycles. The fourth-order valence-electron chi connectivity index (χ4n) is 0.936. The maximum absolute atomic E-state index is 13.7. The van der Waals surface area contributed by atoms with E-state index in [9.17, 15) is 4.39 Å². The Labute approximate surface area is 79.0 Å². The van der Waals surface area contributed by atoms with Crippen LogP contribution in [0.1, 0.15) is 13.3 Å². The highest BCUT2D eigenvalue weighted by atomic mass is 32.1. The first-order chi connectivity index (χ1) is 5.49. The molecule has 0 rings (SSSR count). The predicted octanol–water partition coefficient (Wildman–Crippen LogP) is 1.41. The third-order valence-electron chi connectivity index (χ3n) is 1.74. The third kappa shape index (κ3) is 2.00. The van der Waals surface area contributed by atoms with E-state index in [-0.39, 0.29) is 6.42 Å². The molecule has 0 spiro atoms. The van der Waals surface area contributed by atoms with Crippen molar-refractivity contribution in [3.05, 3.63) is 0 Å². The first-order valence-electron chi connectivity index (χ1n) is 3.56. The van der Waals surface area contributed by atoms with Crippen molar-refractivity contribution in [1.29, 1.82) is 0 Å². The van der Waals surface area contributed by atoms with Crippen molar-refractivity contribution in [2.45, 2.75) is 18.0 Å². The van der Waals surface area contributed by atoms with Gasteiger partial charge in [-0.25, -0.2) is 4.39 Å². The standard InChI is InChI=1S/C6H15FO3SSi/c1-5-6(7,11)12(8-2,9-3)10-4/h11H,5H2,1-4H3. The van der Waals surface area contributed by atoms with Gasteiger partial charge in [-0.2, -0.15) is 0 Å². The second-order valence-electron chi connectivity index (χ2n) is 2.28. The molecule has 0 aliphatic carbocycles. The molecule has 0 heterocycles. The normalized spacial score (nSPS) is 17.5. The fourth-order valence-corrected chi connectivity index (χ4v) is 3.63. The van der Waals surface area contributed by atoms with Crippen molar-refractivity contribution in [1.82, 2.24) is 0 Å². The number of hydrogen-bond acceptors (Lipinski definition) is 4. The summed E-state index contributed by atoms with van der Waals surface area (Å²) in [7, 11) is 0.834. The SMILES string of the molecule is CCC(F)(S)[Si](OC)(OC)OC. The number of alkyl halides is 1. The van der Waals surface area contributed by atoms with Gasteiger partial charge in [0, 0.05) is 21.3 Å². The second-order valence-corrected chi connectivity index (χ2v) is 6.54.